The van der Waals surface area contributed by atoms with Crippen LogP contribution in [0.1, 0.15) is 32.1 Å². The van der Waals surface area contributed by atoms with Gasteiger partial charge in [0.25, 0.3) is 0 Å². The van der Waals surface area contributed by atoms with Crippen LogP contribution in [0.5, 0.6) is 0 Å². The van der Waals surface area contributed by atoms with Gasteiger partial charge in [0.1, 0.15) is 0 Å². The Hall–Kier alpha value is -0.0800. The largest absolute Gasteiger partial charge is 0.385 e. The van der Waals surface area contributed by atoms with Crippen molar-refractivity contribution in [3.05, 3.63) is 0 Å². The number of methoxy groups -OCH3 is 1. The van der Waals surface area contributed by atoms with Crippen LogP contribution in [0, 0.1) is 11.8 Å². The van der Waals surface area contributed by atoms with Gasteiger partial charge in [-0.05, 0) is 37.6 Å². The molecule has 0 heterocycles. The monoisotopic (exact) mass is 171 g/mol. The van der Waals surface area contributed by atoms with Crippen LogP contribution in [0.4, 0.5) is 0 Å². The first-order chi connectivity index (χ1) is 5.86. The van der Waals surface area contributed by atoms with Crippen LogP contribution in [0.2, 0.25) is 0 Å². The van der Waals surface area contributed by atoms with Gasteiger partial charge in [0, 0.05) is 13.7 Å². The molecule has 1 saturated carbocycles. The topological polar surface area (TPSA) is 35.2 Å². The molecule has 0 bridgehead atoms. The van der Waals surface area contributed by atoms with Crippen LogP contribution >= 0.6 is 0 Å². The van der Waals surface area contributed by atoms with Crippen molar-refractivity contribution in [2.45, 2.75) is 32.1 Å². The molecular formula is C10H21NO. The van der Waals surface area contributed by atoms with Crippen molar-refractivity contribution in [2.24, 2.45) is 17.6 Å². The van der Waals surface area contributed by atoms with E-state index in [1.807, 2.05) is 0 Å². The molecule has 1 aliphatic rings. The number of nitrogens with two attached hydrogens (primary N) is 1. The third kappa shape index (κ3) is 3.11. The predicted molar refractivity (Wildman–Crippen MR) is 51.0 cm³/mol. The summed E-state index contributed by atoms with van der Waals surface area (Å²) in [6.45, 7) is 1.81. The maximum absolute atomic E-state index is 5.62. The van der Waals surface area contributed by atoms with Crippen LogP contribution in [-0.4, -0.2) is 20.3 Å². The third-order valence-corrected chi connectivity index (χ3v) is 3.03. The standard InChI is InChI=1S/C10H21NO/c1-12-7-6-9-2-4-10(8-11)5-3-9/h9-10H,2-8,11H2,1H3. The molecule has 2 heteroatoms. The highest BCUT2D eigenvalue weighted by atomic mass is 16.5. The van der Waals surface area contributed by atoms with Crippen LogP contribution in [-0.2, 0) is 4.74 Å². The zero-order chi connectivity index (χ0) is 8.81. The lowest BCUT2D eigenvalue weighted by Crippen LogP contribution is -2.21. The molecule has 1 aliphatic carbocycles. The Morgan fingerprint density at radius 2 is 1.75 bits per heavy atom. The molecule has 0 aliphatic heterocycles. The summed E-state index contributed by atoms with van der Waals surface area (Å²) in [5.74, 6) is 1.72. The van der Waals surface area contributed by atoms with Gasteiger partial charge in [-0.25, -0.2) is 0 Å². The van der Waals surface area contributed by atoms with E-state index in [0.717, 1.165) is 25.0 Å². The summed E-state index contributed by atoms with van der Waals surface area (Å²) in [6, 6.07) is 0. The van der Waals surface area contributed by atoms with E-state index in [4.69, 9.17) is 10.5 Å². The minimum absolute atomic E-state index is 0.809. The molecule has 0 saturated heterocycles. The Morgan fingerprint density at radius 1 is 1.17 bits per heavy atom. The van der Waals surface area contributed by atoms with Gasteiger partial charge in [0.2, 0.25) is 0 Å². The smallest absolute Gasteiger partial charge is 0.0464 e. The molecule has 0 atom stereocenters. The zero-order valence-corrected chi connectivity index (χ0v) is 8.09. The Kier molecular flexibility index (Phi) is 4.62. The van der Waals surface area contributed by atoms with Crippen molar-refractivity contribution in [1.82, 2.24) is 0 Å². The van der Waals surface area contributed by atoms with Gasteiger partial charge in [-0.3, -0.25) is 0 Å². The quantitative estimate of drug-likeness (QED) is 0.700. The van der Waals surface area contributed by atoms with Gasteiger partial charge in [0.15, 0.2) is 0 Å². The number of hydrogen-bond acceptors (Lipinski definition) is 2. The summed E-state index contributed by atoms with van der Waals surface area (Å²) in [7, 11) is 1.78. The van der Waals surface area contributed by atoms with Gasteiger partial charge < -0.3 is 10.5 Å². The second kappa shape index (κ2) is 5.55. The Bertz CT molecular complexity index is 108. The van der Waals surface area contributed by atoms with E-state index in [-0.39, 0.29) is 0 Å². The molecule has 2 N–H and O–H groups in total. The van der Waals surface area contributed by atoms with Crippen molar-refractivity contribution >= 4 is 0 Å². The van der Waals surface area contributed by atoms with E-state index in [9.17, 15) is 0 Å². The molecule has 0 aromatic heterocycles. The number of rotatable bonds is 4. The molecule has 0 radical (unpaired) electrons. The average Bonchev–Trinajstić information content (AvgIpc) is 2.15. The zero-order valence-electron chi connectivity index (χ0n) is 8.09. The molecule has 0 aromatic rings. The van der Waals surface area contributed by atoms with Crippen LogP contribution in [0.25, 0.3) is 0 Å². The molecule has 0 unspecified atom stereocenters. The highest BCUT2D eigenvalue weighted by molar-refractivity contribution is 4.72. The Balaban J connectivity index is 2.09. The summed E-state index contributed by atoms with van der Waals surface area (Å²) in [5, 5.41) is 0. The Labute approximate surface area is 75.5 Å². The van der Waals surface area contributed by atoms with Gasteiger partial charge in [-0.15, -0.1) is 0 Å². The fraction of sp³-hybridized carbons (Fsp3) is 1.00. The second-order valence-corrected chi connectivity index (χ2v) is 3.90. The maximum Gasteiger partial charge on any atom is 0.0464 e. The van der Waals surface area contributed by atoms with Crippen molar-refractivity contribution in [3.63, 3.8) is 0 Å². The highest BCUT2D eigenvalue weighted by Gasteiger charge is 2.19. The van der Waals surface area contributed by atoms with Crippen LogP contribution in [0.3, 0.4) is 0 Å². The minimum Gasteiger partial charge on any atom is -0.385 e. The first-order valence-corrected chi connectivity index (χ1v) is 5.05. The molecule has 72 valence electrons. The molecule has 1 rings (SSSR count). The summed E-state index contributed by atoms with van der Waals surface area (Å²) < 4.78 is 5.07. The van der Waals surface area contributed by atoms with Crippen molar-refractivity contribution in [3.8, 4) is 0 Å². The maximum atomic E-state index is 5.62. The first kappa shape index (κ1) is 10.0. The fourth-order valence-corrected chi connectivity index (χ4v) is 2.04. The SMILES string of the molecule is COCCC1CCC(CN)CC1. The molecule has 1 fully saturated rings. The number of hydrogen-bond donors (Lipinski definition) is 1. The lowest BCUT2D eigenvalue weighted by Gasteiger charge is -2.27. The highest BCUT2D eigenvalue weighted by Crippen LogP contribution is 2.29. The number of ether oxygens (including phenoxy) is 1. The fourth-order valence-electron chi connectivity index (χ4n) is 2.04. The van der Waals surface area contributed by atoms with E-state index in [1.165, 1.54) is 32.1 Å². The molecule has 0 spiro atoms. The normalized spacial score (nSPS) is 30.5. The predicted octanol–water partition coefficient (Wildman–Crippen LogP) is 1.79. The minimum atomic E-state index is 0.809. The van der Waals surface area contributed by atoms with E-state index in [0.29, 0.717) is 0 Å². The van der Waals surface area contributed by atoms with Crippen molar-refractivity contribution in [2.75, 3.05) is 20.3 Å². The summed E-state index contributed by atoms with van der Waals surface area (Å²) in [4.78, 5) is 0. The van der Waals surface area contributed by atoms with Crippen molar-refractivity contribution < 1.29 is 4.74 Å². The average molecular weight is 171 g/mol. The summed E-state index contributed by atoms with van der Waals surface area (Å²) in [6.07, 6.45) is 6.65. The molecule has 12 heavy (non-hydrogen) atoms. The van der Waals surface area contributed by atoms with E-state index >= 15 is 0 Å². The second-order valence-electron chi connectivity index (χ2n) is 3.90. The Morgan fingerprint density at radius 3 is 2.25 bits per heavy atom. The van der Waals surface area contributed by atoms with Gasteiger partial charge >= 0.3 is 0 Å². The molecule has 0 aromatic carbocycles. The van der Waals surface area contributed by atoms with E-state index < -0.39 is 0 Å². The van der Waals surface area contributed by atoms with E-state index in [1.54, 1.807) is 7.11 Å². The van der Waals surface area contributed by atoms with Crippen LogP contribution in [0.15, 0.2) is 0 Å². The van der Waals surface area contributed by atoms with Crippen LogP contribution < -0.4 is 5.73 Å². The first-order valence-electron chi connectivity index (χ1n) is 5.05. The third-order valence-electron chi connectivity index (χ3n) is 3.03. The van der Waals surface area contributed by atoms with Crippen molar-refractivity contribution in [1.29, 1.82) is 0 Å². The molecular weight excluding hydrogens is 150 g/mol. The van der Waals surface area contributed by atoms with Gasteiger partial charge in [-0.1, -0.05) is 12.8 Å². The summed E-state index contributed by atoms with van der Waals surface area (Å²) in [5.41, 5.74) is 5.62. The van der Waals surface area contributed by atoms with E-state index in [2.05, 4.69) is 0 Å². The lowest BCUT2D eigenvalue weighted by atomic mass is 9.81. The molecule has 2 nitrogen and oxygen atoms in total. The van der Waals surface area contributed by atoms with Gasteiger partial charge in [0.05, 0.1) is 0 Å². The summed E-state index contributed by atoms with van der Waals surface area (Å²) >= 11 is 0. The lowest BCUT2D eigenvalue weighted by molar-refractivity contribution is 0.157. The van der Waals surface area contributed by atoms with Gasteiger partial charge in [-0.2, -0.15) is 0 Å². The molecule has 0 amide bonds.